The van der Waals surface area contributed by atoms with Gasteiger partial charge in [-0.1, -0.05) is 53.9 Å². The van der Waals surface area contributed by atoms with Crippen LogP contribution in [-0.2, 0) is 28.6 Å². The Balaban J connectivity index is 1.70. The van der Waals surface area contributed by atoms with Crippen LogP contribution in [0, 0.1) is 29.1 Å². The quantitative estimate of drug-likeness (QED) is 0.223. The number of rotatable bonds is 2. The molecule has 5 aliphatic rings. The second-order valence-electron chi connectivity index (χ2n) is 17.3. The van der Waals surface area contributed by atoms with Crippen LogP contribution in [0.1, 0.15) is 133 Å². The number of carbonyl (C=O) groups is 3. The van der Waals surface area contributed by atoms with Gasteiger partial charge in [0, 0.05) is 37.5 Å². The molecular weight excluding hydrogens is 632 g/mol. The van der Waals surface area contributed by atoms with E-state index in [4.69, 9.17) is 14.2 Å². The highest BCUT2D eigenvalue weighted by atomic mass is 16.6. The summed E-state index contributed by atoms with van der Waals surface area (Å²) in [5.41, 5.74) is 2.06. The Hall–Kier alpha value is -2.55. The van der Waals surface area contributed by atoms with Crippen LogP contribution in [0.2, 0.25) is 0 Å². The molecule has 0 unspecified atom stereocenters. The monoisotopic (exact) mass is 694 g/mol. The number of ether oxygens (including phenoxy) is 3. The van der Waals surface area contributed by atoms with Crippen molar-refractivity contribution in [2.24, 2.45) is 29.1 Å². The van der Waals surface area contributed by atoms with Gasteiger partial charge >= 0.3 is 11.9 Å². The molecule has 0 aromatic rings. The standard InChI is InChI=1S/C42H62O8/c1-24(2)37-34(48-29(7)43)21-26(4)12-10-11-25(3)19-30(44)23-42-32-20-27(5)13-14-35-41(9,47)18-16-36(49-35)40(8,46)17-15-31(32)28(6)22-33(42)38(37)50-39(42)45/h12,19-20,24,32-38,46-47H,10-11,13-18,21-23H2,1-9H3/b25-19+,26-12+,27-20+/t32-,33+,34+,35-,36+,37+,38+,40-,41+,42+/m0/s1. The van der Waals surface area contributed by atoms with Gasteiger partial charge in [0.1, 0.15) is 12.2 Å². The van der Waals surface area contributed by atoms with E-state index in [-0.39, 0.29) is 41.9 Å². The number of aliphatic hydroxyl groups is 2. The van der Waals surface area contributed by atoms with E-state index < -0.39 is 47.0 Å². The molecular formula is C42H62O8. The van der Waals surface area contributed by atoms with Gasteiger partial charge < -0.3 is 24.4 Å². The summed E-state index contributed by atoms with van der Waals surface area (Å²) in [5, 5.41) is 23.2. The molecule has 2 N–H and O–H groups in total. The minimum Gasteiger partial charge on any atom is -0.462 e. The van der Waals surface area contributed by atoms with Crippen LogP contribution < -0.4 is 0 Å². The van der Waals surface area contributed by atoms with Crippen molar-refractivity contribution in [1.29, 1.82) is 0 Å². The first-order valence-electron chi connectivity index (χ1n) is 19.1. The van der Waals surface area contributed by atoms with Crippen molar-refractivity contribution in [3.8, 4) is 0 Å². The van der Waals surface area contributed by atoms with Gasteiger partial charge in [-0.05, 0) is 111 Å². The van der Waals surface area contributed by atoms with E-state index in [0.29, 0.717) is 57.8 Å². The van der Waals surface area contributed by atoms with E-state index in [2.05, 4.69) is 46.8 Å². The van der Waals surface area contributed by atoms with Crippen molar-refractivity contribution < 1.29 is 38.8 Å². The fraction of sp³-hybridized carbons (Fsp3) is 0.738. The third-order valence-electron chi connectivity index (χ3n) is 12.8. The van der Waals surface area contributed by atoms with E-state index in [9.17, 15) is 24.6 Å². The van der Waals surface area contributed by atoms with Crippen LogP contribution in [-0.4, -0.2) is 63.6 Å². The van der Waals surface area contributed by atoms with Crippen LogP contribution in [0.3, 0.4) is 0 Å². The Labute approximate surface area is 299 Å². The number of allylic oxidation sites excluding steroid dienone is 7. The van der Waals surface area contributed by atoms with Gasteiger partial charge in [-0.3, -0.25) is 14.4 Å². The summed E-state index contributed by atoms with van der Waals surface area (Å²) in [6.07, 6.45) is 10.1. The van der Waals surface area contributed by atoms with Crippen molar-refractivity contribution in [1.82, 2.24) is 0 Å². The van der Waals surface area contributed by atoms with Crippen LogP contribution >= 0.6 is 0 Å². The summed E-state index contributed by atoms with van der Waals surface area (Å²) in [5.74, 6) is -1.79. The molecule has 5 rings (SSSR count). The predicted molar refractivity (Wildman–Crippen MR) is 193 cm³/mol. The summed E-state index contributed by atoms with van der Waals surface area (Å²) < 4.78 is 19.1. The number of ketones is 1. The maximum absolute atomic E-state index is 14.9. The van der Waals surface area contributed by atoms with E-state index in [1.807, 2.05) is 20.8 Å². The Kier molecular flexibility index (Phi) is 11.5. The number of fused-ring (bicyclic) bond motifs is 3. The predicted octanol–water partition coefficient (Wildman–Crippen LogP) is 7.66. The number of carbonyl (C=O) groups excluding carboxylic acids is 3. The first kappa shape index (κ1) is 38.7. The van der Waals surface area contributed by atoms with E-state index in [1.165, 1.54) is 6.92 Å². The lowest BCUT2D eigenvalue weighted by atomic mass is 9.53. The summed E-state index contributed by atoms with van der Waals surface area (Å²) >= 11 is 0. The molecule has 0 amide bonds. The molecule has 3 aliphatic heterocycles. The average Bonchev–Trinajstić information content (AvgIpc) is 3.25. The third kappa shape index (κ3) is 7.78. The number of esters is 2. The first-order valence-corrected chi connectivity index (χ1v) is 19.1. The van der Waals surface area contributed by atoms with Crippen molar-refractivity contribution in [2.45, 2.75) is 169 Å². The first-order chi connectivity index (χ1) is 23.4. The minimum absolute atomic E-state index is 0.0208. The van der Waals surface area contributed by atoms with Crippen LogP contribution in [0.15, 0.2) is 46.1 Å². The molecule has 2 fully saturated rings. The zero-order valence-corrected chi connectivity index (χ0v) is 32.0. The van der Waals surface area contributed by atoms with Gasteiger partial charge in [0.25, 0.3) is 0 Å². The number of hydrogen-bond donors (Lipinski definition) is 2. The Bertz CT molecular complexity index is 1460. The minimum atomic E-state index is -1.16. The highest BCUT2D eigenvalue weighted by molar-refractivity contribution is 5.96. The van der Waals surface area contributed by atoms with E-state index >= 15 is 0 Å². The molecule has 3 heterocycles. The van der Waals surface area contributed by atoms with Gasteiger partial charge in [-0.25, -0.2) is 0 Å². The molecule has 10 atom stereocenters. The molecule has 0 radical (unpaired) electrons. The summed E-state index contributed by atoms with van der Waals surface area (Å²) in [6, 6.07) is 0. The second-order valence-corrected chi connectivity index (χ2v) is 17.3. The molecule has 0 saturated carbocycles. The smallest absolute Gasteiger partial charge is 0.314 e. The molecule has 8 nitrogen and oxygen atoms in total. The van der Waals surface area contributed by atoms with Crippen LogP contribution in [0.5, 0.6) is 0 Å². The fourth-order valence-corrected chi connectivity index (χ4v) is 9.96. The Morgan fingerprint density at radius 2 is 1.60 bits per heavy atom. The lowest BCUT2D eigenvalue weighted by Gasteiger charge is -2.48. The highest BCUT2D eigenvalue weighted by Gasteiger charge is 2.65. The topological polar surface area (TPSA) is 119 Å². The van der Waals surface area contributed by atoms with Crippen LogP contribution in [0.25, 0.3) is 0 Å². The van der Waals surface area contributed by atoms with Gasteiger partial charge in [-0.2, -0.15) is 0 Å². The lowest BCUT2D eigenvalue weighted by molar-refractivity contribution is -0.216. The molecule has 0 aromatic heterocycles. The van der Waals surface area contributed by atoms with Gasteiger partial charge in [0.05, 0.1) is 28.8 Å². The highest BCUT2D eigenvalue weighted by Crippen LogP contribution is 2.61. The van der Waals surface area contributed by atoms with Crippen molar-refractivity contribution in [2.75, 3.05) is 0 Å². The SMILES string of the molecule is CC(=O)O[C@@H]1C/C(C)=C/CC/C(C)=C/C(=O)C[C@]23C(=O)O[C@@H]([C@@H]1C(C)C)[C@H]2CC(C)=C1CC[C@](C)(O)[C@H]2CC[C@@](C)(O)[C@H](CC/C(C)=C/[C@@H]13)O2. The molecule has 2 aliphatic carbocycles. The molecule has 50 heavy (non-hydrogen) atoms. The van der Waals surface area contributed by atoms with Crippen molar-refractivity contribution in [3.63, 3.8) is 0 Å². The Morgan fingerprint density at radius 3 is 2.28 bits per heavy atom. The van der Waals surface area contributed by atoms with Crippen molar-refractivity contribution in [3.05, 3.63) is 46.1 Å². The molecule has 0 spiro atoms. The van der Waals surface area contributed by atoms with Gasteiger partial charge in [0.15, 0.2) is 5.78 Å². The average molecular weight is 695 g/mol. The second kappa shape index (κ2) is 14.8. The maximum Gasteiger partial charge on any atom is 0.314 e. The maximum atomic E-state index is 14.9. The van der Waals surface area contributed by atoms with E-state index in [0.717, 1.165) is 34.3 Å². The largest absolute Gasteiger partial charge is 0.462 e. The summed E-state index contributed by atoms with van der Waals surface area (Å²) in [7, 11) is 0. The molecule has 2 saturated heterocycles. The summed E-state index contributed by atoms with van der Waals surface area (Å²) in [4.78, 5) is 41.6. The lowest BCUT2D eigenvalue weighted by Crippen LogP contribution is -2.54. The number of hydrogen-bond acceptors (Lipinski definition) is 8. The van der Waals surface area contributed by atoms with Crippen LogP contribution in [0.4, 0.5) is 0 Å². The fourth-order valence-electron chi connectivity index (χ4n) is 9.96. The molecule has 4 bridgehead atoms. The zero-order chi connectivity index (χ0) is 36.8. The van der Waals surface area contributed by atoms with Gasteiger partial charge in [-0.15, -0.1) is 0 Å². The van der Waals surface area contributed by atoms with Crippen molar-refractivity contribution >= 4 is 17.7 Å². The summed E-state index contributed by atoms with van der Waals surface area (Å²) in [6.45, 7) is 17.5. The Morgan fingerprint density at radius 1 is 0.920 bits per heavy atom. The molecule has 278 valence electrons. The molecule has 8 heteroatoms. The zero-order valence-electron chi connectivity index (χ0n) is 32.0. The van der Waals surface area contributed by atoms with E-state index in [1.54, 1.807) is 6.08 Å². The van der Waals surface area contributed by atoms with Gasteiger partial charge in [0.2, 0.25) is 0 Å². The third-order valence-corrected chi connectivity index (χ3v) is 12.8. The molecule has 0 aromatic carbocycles. The normalized spacial score (nSPS) is 43.7.